The van der Waals surface area contributed by atoms with Crippen molar-refractivity contribution in [3.05, 3.63) is 17.5 Å². The molecule has 1 saturated heterocycles. The molecule has 5 nitrogen and oxygen atoms in total. The maximum atomic E-state index is 9.23. The van der Waals surface area contributed by atoms with Gasteiger partial charge < -0.3 is 14.6 Å². The number of aromatic nitrogens is 2. The summed E-state index contributed by atoms with van der Waals surface area (Å²) >= 11 is 0. The quantitative estimate of drug-likeness (QED) is 0.877. The molecule has 5 heteroatoms. The SMILES string of the molecule is OCc1cc(C23CCC(COC4CCCCO4)(CC2)C3)n[nH]1. The fourth-order valence-corrected chi connectivity index (χ4v) is 4.70. The van der Waals surface area contributed by atoms with Crippen LogP contribution < -0.4 is 0 Å². The Morgan fingerprint density at radius 3 is 2.86 bits per heavy atom. The van der Waals surface area contributed by atoms with Gasteiger partial charge in [-0.1, -0.05) is 0 Å². The number of aliphatic hydroxyl groups excluding tert-OH is 1. The molecule has 122 valence electrons. The lowest BCUT2D eigenvalue weighted by atomic mass is 9.80. The summed E-state index contributed by atoms with van der Waals surface area (Å²) in [6.07, 6.45) is 9.45. The van der Waals surface area contributed by atoms with E-state index in [0.29, 0.717) is 5.41 Å². The molecule has 1 atom stereocenters. The van der Waals surface area contributed by atoms with Gasteiger partial charge in [0, 0.05) is 12.0 Å². The third-order valence-electron chi connectivity index (χ3n) is 6.04. The van der Waals surface area contributed by atoms with E-state index in [1.165, 1.54) is 44.9 Å². The predicted molar refractivity (Wildman–Crippen MR) is 81.2 cm³/mol. The molecule has 3 fully saturated rings. The van der Waals surface area contributed by atoms with Crippen LogP contribution in [0.1, 0.15) is 62.8 Å². The van der Waals surface area contributed by atoms with Crippen LogP contribution >= 0.6 is 0 Å². The number of ether oxygens (including phenoxy) is 2. The lowest BCUT2D eigenvalue weighted by Crippen LogP contribution is -2.29. The van der Waals surface area contributed by atoms with Crippen LogP contribution in [-0.4, -0.2) is 34.8 Å². The maximum absolute atomic E-state index is 9.23. The first kappa shape index (κ1) is 14.7. The Kier molecular flexibility index (Phi) is 3.75. The van der Waals surface area contributed by atoms with Crippen molar-refractivity contribution in [2.24, 2.45) is 5.41 Å². The third-order valence-corrected chi connectivity index (χ3v) is 6.04. The number of fused-ring (bicyclic) bond motifs is 2. The lowest BCUT2D eigenvalue weighted by Gasteiger charge is -2.30. The van der Waals surface area contributed by atoms with Crippen molar-refractivity contribution < 1.29 is 14.6 Å². The normalized spacial score (nSPS) is 37.8. The van der Waals surface area contributed by atoms with E-state index in [1.54, 1.807) is 0 Å². The zero-order chi connectivity index (χ0) is 15.0. The average Bonchev–Trinajstić information content (AvgIpc) is 3.28. The van der Waals surface area contributed by atoms with Crippen molar-refractivity contribution in [1.82, 2.24) is 10.2 Å². The van der Waals surface area contributed by atoms with E-state index in [4.69, 9.17) is 9.47 Å². The van der Waals surface area contributed by atoms with Crippen LogP contribution in [0.2, 0.25) is 0 Å². The van der Waals surface area contributed by atoms with E-state index in [2.05, 4.69) is 10.2 Å². The molecule has 0 radical (unpaired) electrons. The Hall–Kier alpha value is -0.910. The van der Waals surface area contributed by atoms with Crippen LogP contribution in [0.15, 0.2) is 6.07 Å². The molecule has 4 rings (SSSR count). The minimum absolute atomic E-state index is 0.0186. The van der Waals surface area contributed by atoms with Gasteiger partial charge in [-0.15, -0.1) is 0 Å². The first-order valence-corrected chi connectivity index (χ1v) is 8.63. The summed E-state index contributed by atoms with van der Waals surface area (Å²) in [6.45, 7) is 1.71. The Bertz CT molecular complexity index is 514. The highest BCUT2D eigenvalue weighted by Crippen LogP contribution is 2.62. The lowest BCUT2D eigenvalue weighted by molar-refractivity contribution is -0.178. The number of aliphatic hydroxyl groups is 1. The molecule has 22 heavy (non-hydrogen) atoms. The van der Waals surface area contributed by atoms with Crippen molar-refractivity contribution in [3.8, 4) is 0 Å². The molecule has 1 aliphatic heterocycles. The van der Waals surface area contributed by atoms with Gasteiger partial charge >= 0.3 is 0 Å². The van der Waals surface area contributed by atoms with Gasteiger partial charge in [-0.3, -0.25) is 5.10 Å². The fraction of sp³-hybridized carbons (Fsp3) is 0.824. The van der Waals surface area contributed by atoms with Gasteiger partial charge in [-0.25, -0.2) is 0 Å². The molecule has 1 unspecified atom stereocenters. The fourth-order valence-electron chi connectivity index (χ4n) is 4.70. The number of nitrogens with zero attached hydrogens (tertiary/aromatic N) is 1. The second-order valence-electron chi connectivity index (χ2n) is 7.50. The van der Waals surface area contributed by atoms with Gasteiger partial charge in [0.1, 0.15) is 0 Å². The van der Waals surface area contributed by atoms with E-state index in [1.807, 2.05) is 6.07 Å². The molecule has 2 heterocycles. The van der Waals surface area contributed by atoms with E-state index in [0.717, 1.165) is 31.0 Å². The van der Waals surface area contributed by atoms with Gasteiger partial charge in [0.15, 0.2) is 6.29 Å². The molecule has 1 aromatic heterocycles. The second-order valence-corrected chi connectivity index (χ2v) is 7.50. The Labute approximate surface area is 131 Å². The van der Waals surface area contributed by atoms with Gasteiger partial charge in [-0.05, 0) is 62.8 Å². The maximum Gasteiger partial charge on any atom is 0.157 e. The smallest absolute Gasteiger partial charge is 0.157 e. The highest BCUT2D eigenvalue weighted by molar-refractivity contribution is 5.26. The highest BCUT2D eigenvalue weighted by atomic mass is 16.7. The zero-order valence-corrected chi connectivity index (χ0v) is 13.1. The van der Waals surface area contributed by atoms with Crippen LogP contribution in [0.3, 0.4) is 0 Å². The monoisotopic (exact) mass is 306 g/mol. The summed E-state index contributed by atoms with van der Waals surface area (Å²) < 4.78 is 11.8. The van der Waals surface area contributed by atoms with E-state index in [9.17, 15) is 5.11 Å². The zero-order valence-electron chi connectivity index (χ0n) is 13.1. The number of hydrogen-bond acceptors (Lipinski definition) is 4. The van der Waals surface area contributed by atoms with Crippen LogP contribution in [0, 0.1) is 5.41 Å². The number of H-pyrrole nitrogens is 1. The molecule has 2 bridgehead atoms. The standard InChI is InChI=1S/C17H26N2O3/c20-10-13-9-14(19-18-13)17-6-4-16(11-17,5-7-17)12-22-15-3-1-2-8-21-15/h9,15,20H,1-8,10-12H2,(H,18,19). The minimum Gasteiger partial charge on any atom is -0.390 e. The molecule has 2 N–H and O–H groups in total. The summed E-state index contributed by atoms with van der Waals surface area (Å²) in [5, 5.41) is 16.7. The third kappa shape index (κ3) is 2.49. The van der Waals surface area contributed by atoms with Gasteiger partial charge in [0.05, 0.1) is 24.6 Å². The summed E-state index contributed by atoms with van der Waals surface area (Å²) in [7, 11) is 0. The van der Waals surface area contributed by atoms with E-state index in [-0.39, 0.29) is 18.3 Å². The largest absolute Gasteiger partial charge is 0.390 e. The summed E-state index contributed by atoms with van der Waals surface area (Å²) in [4.78, 5) is 0. The molecule has 0 aromatic carbocycles. The highest BCUT2D eigenvalue weighted by Gasteiger charge is 2.56. The van der Waals surface area contributed by atoms with Crippen molar-refractivity contribution >= 4 is 0 Å². The minimum atomic E-state index is 0.0186. The molecule has 2 saturated carbocycles. The van der Waals surface area contributed by atoms with Crippen molar-refractivity contribution in [3.63, 3.8) is 0 Å². The van der Waals surface area contributed by atoms with Crippen molar-refractivity contribution in [2.75, 3.05) is 13.2 Å². The molecule has 0 amide bonds. The summed E-state index contributed by atoms with van der Waals surface area (Å²) in [5.41, 5.74) is 2.49. The number of nitrogens with one attached hydrogen (secondary N) is 1. The molecular weight excluding hydrogens is 280 g/mol. The summed E-state index contributed by atoms with van der Waals surface area (Å²) in [5.74, 6) is 0. The number of rotatable bonds is 5. The van der Waals surface area contributed by atoms with Crippen molar-refractivity contribution in [1.29, 1.82) is 0 Å². The molecule has 1 aromatic rings. The van der Waals surface area contributed by atoms with Crippen LogP contribution in [0.25, 0.3) is 0 Å². The number of aromatic amines is 1. The van der Waals surface area contributed by atoms with E-state index >= 15 is 0 Å². The molecule has 0 spiro atoms. The van der Waals surface area contributed by atoms with Crippen LogP contribution in [0.5, 0.6) is 0 Å². The molecular formula is C17H26N2O3. The number of hydrogen-bond donors (Lipinski definition) is 2. The van der Waals surface area contributed by atoms with Gasteiger partial charge in [0.2, 0.25) is 0 Å². The van der Waals surface area contributed by atoms with Crippen molar-refractivity contribution in [2.45, 2.75) is 69.7 Å². The van der Waals surface area contributed by atoms with Crippen LogP contribution in [0.4, 0.5) is 0 Å². The van der Waals surface area contributed by atoms with Crippen LogP contribution in [-0.2, 0) is 21.5 Å². The topological polar surface area (TPSA) is 67.4 Å². The average molecular weight is 306 g/mol. The summed E-state index contributed by atoms with van der Waals surface area (Å²) in [6, 6.07) is 2.05. The molecule has 2 aliphatic carbocycles. The predicted octanol–water partition coefficient (Wildman–Crippen LogP) is 2.65. The Morgan fingerprint density at radius 2 is 2.18 bits per heavy atom. The van der Waals surface area contributed by atoms with Gasteiger partial charge in [-0.2, -0.15) is 5.10 Å². The first-order valence-electron chi connectivity index (χ1n) is 8.63. The Balaban J connectivity index is 1.41. The van der Waals surface area contributed by atoms with Gasteiger partial charge in [0.25, 0.3) is 0 Å². The van der Waals surface area contributed by atoms with E-state index < -0.39 is 0 Å². The molecule has 3 aliphatic rings. The second kappa shape index (κ2) is 5.62. The Morgan fingerprint density at radius 1 is 1.32 bits per heavy atom. The first-order chi connectivity index (χ1) is 10.7.